The first kappa shape index (κ1) is 19.2. The van der Waals surface area contributed by atoms with E-state index >= 15 is 0 Å². The van der Waals surface area contributed by atoms with E-state index in [4.69, 9.17) is 9.47 Å². The van der Waals surface area contributed by atoms with Crippen LogP contribution < -0.4 is 4.90 Å². The van der Waals surface area contributed by atoms with E-state index in [0.29, 0.717) is 13.2 Å². The number of anilines is 1. The summed E-state index contributed by atoms with van der Waals surface area (Å²) in [6.45, 7) is 8.38. The molecule has 4 heterocycles. The average Bonchev–Trinajstić information content (AvgIpc) is 3.31. The van der Waals surface area contributed by atoms with Gasteiger partial charge in [0.2, 0.25) is 0 Å². The van der Waals surface area contributed by atoms with E-state index in [1.165, 1.54) is 39.0 Å². The number of halogens is 1. The molecule has 0 bridgehead atoms. The molecule has 2 aliphatic rings. The fourth-order valence-corrected chi connectivity index (χ4v) is 4.39. The summed E-state index contributed by atoms with van der Waals surface area (Å²) >= 11 is 0. The molecule has 5 nitrogen and oxygen atoms in total. The number of ether oxygens (including phenoxy) is 2. The standard InChI is InChI=1S/C22H25N3O2.ClH/c1-15-16(2)25(14-21-26-9-10-27-21)22-19(15)11-23-12-20(22)24-8-7-17-5-3-4-6-18(17)13-24;/h3-6,11-12,21H,7-10,13-14H2,1-2H3;1H. The first-order chi connectivity index (χ1) is 13.2. The van der Waals surface area contributed by atoms with Gasteiger partial charge in [0.05, 0.1) is 37.2 Å². The van der Waals surface area contributed by atoms with Gasteiger partial charge in [-0.2, -0.15) is 0 Å². The van der Waals surface area contributed by atoms with Gasteiger partial charge < -0.3 is 18.9 Å². The van der Waals surface area contributed by atoms with Gasteiger partial charge in [0.15, 0.2) is 6.29 Å². The zero-order valence-corrected chi connectivity index (χ0v) is 17.2. The second-order valence-corrected chi connectivity index (χ2v) is 7.49. The van der Waals surface area contributed by atoms with Crippen LogP contribution in [0.5, 0.6) is 0 Å². The van der Waals surface area contributed by atoms with Gasteiger partial charge in [0, 0.05) is 30.4 Å². The second-order valence-electron chi connectivity index (χ2n) is 7.49. The number of benzene rings is 1. The second kappa shape index (κ2) is 7.74. The van der Waals surface area contributed by atoms with E-state index in [-0.39, 0.29) is 18.7 Å². The van der Waals surface area contributed by atoms with Crippen LogP contribution in [0.1, 0.15) is 22.4 Å². The van der Waals surface area contributed by atoms with Crippen LogP contribution in [0.3, 0.4) is 0 Å². The molecule has 28 heavy (non-hydrogen) atoms. The van der Waals surface area contributed by atoms with Crippen molar-refractivity contribution in [1.29, 1.82) is 0 Å². The lowest BCUT2D eigenvalue weighted by Crippen LogP contribution is -2.31. The van der Waals surface area contributed by atoms with Crippen molar-refractivity contribution in [1.82, 2.24) is 9.55 Å². The van der Waals surface area contributed by atoms with Crippen molar-refractivity contribution in [2.45, 2.75) is 39.6 Å². The van der Waals surface area contributed by atoms with Crippen molar-refractivity contribution < 1.29 is 9.47 Å². The number of rotatable bonds is 3. The third-order valence-electron chi connectivity index (χ3n) is 6.01. The summed E-state index contributed by atoms with van der Waals surface area (Å²) in [5.74, 6) is 0. The van der Waals surface area contributed by atoms with Gasteiger partial charge in [-0.05, 0) is 37.0 Å². The Kier molecular flexibility index (Phi) is 5.32. The molecule has 0 spiro atoms. The topological polar surface area (TPSA) is 39.5 Å². The molecule has 1 aromatic carbocycles. The summed E-state index contributed by atoms with van der Waals surface area (Å²) in [6.07, 6.45) is 4.91. The molecule has 1 saturated heterocycles. The van der Waals surface area contributed by atoms with Gasteiger partial charge in [0.1, 0.15) is 0 Å². The molecule has 0 saturated carbocycles. The average molecular weight is 400 g/mol. The van der Waals surface area contributed by atoms with Gasteiger partial charge in [0.25, 0.3) is 0 Å². The number of aromatic nitrogens is 2. The van der Waals surface area contributed by atoms with E-state index in [9.17, 15) is 0 Å². The maximum atomic E-state index is 5.73. The Labute approximate surface area is 171 Å². The highest BCUT2D eigenvalue weighted by Crippen LogP contribution is 2.35. The summed E-state index contributed by atoms with van der Waals surface area (Å²) in [4.78, 5) is 7.04. The summed E-state index contributed by atoms with van der Waals surface area (Å²) in [5.41, 5.74) is 7.87. The van der Waals surface area contributed by atoms with Crippen molar-refractivity contribution in [3.8, 4) is 0 Å². The van der Waals surface area contributed by atoms with Gasteiger partial charge >= 0.3 is 0 Å². The lowest BCUT2D eigenvalue weighted by molar-refractivity contribution is -0.0520. The molecule has 5 rings (SSSR count). The van der Waals surface area contributed by atoms with Gasteiger partial charge in [-0.3, -0.25) is 4.98 Å². The number of nitrogens with zero attached hydrogens (tertiary/aromatic N) is 3. The Bertz CT molecular complexity index is 995. The molecule has 0 unspecified atom stereocenters. The van der Waals surface area contributed by atoms with Crippen LogP contribution in [0.4, 0.5) is 5.69 Å². The van der Waals surface area contributed by atoms with Crippen LogP contribution in [-0.2, 0) is 29.0 Å². The van der Waals surface area contributed by atoms with Crippen LogP contribution in [0.15, 0.2) is 36.7 Å². The Morgan fingerprint density at radius 3 is 2.61 bits per heavy atom. The minimum Gasteiger partial charge on any atom is -0.364 e. The molecule has 0 N–H and O–H groups in total. The van der Waals surface area contributed by atoms with E-state index < -0.39 is 0 Å². The lowest BCUT2D eigenvalue weighted by Gasteiger charge is -2.31. The molecular weight excluding hydrogens is 374 g/mol. The normalized spacial score (nSPS) is 17.0. The van der Waals surface area contributed by atoms with Crippen LogP contribution in [-0.4, -0.2) is 35.6 Å². The Morgan fingerprint density at radius 2 is 1.82 bits per heavy atom. The monoisotopic (exact) mass is 399 g/mol. The van der Waals surface area contributed by atoms with E-state index in [0.717, 1.165) is 26.1 Å². The predicted octanol–water partition coefficient (Wildman–Crippen LogP) is 4.01. The Hall–Kier alpha value is -2.08. The number of hydrogen-bond acceptors (Lipinski definition) is 4. The lowest BCUT2D eigenvalue weighted by atomic mass is 9.99. The Morgan fingerprint density at radius 1 is 1.07 bits per heavy atom. The molecule has 0 amide bonds. The first-order valence-electron chi connectivity index (χ1n) is 9.70. The summed E-state index contributed by atoms with van der Waals surface area (Å²) in [5, 5.41) is 1.22. The molecule has 3 aromatic rings. The maximum absolute atomic E-state index is 5.73. The van der Waals surface area contributed by atoms with Crippen LogP contribution >= 0.6 is 12.4 Å². The minimum atomic E-state index is -0.165. The quantitative estimate of drug-likeness (QED) is 0.667. The maximum Gasteiger partial charge on any atom is 0.175 e. The molecule has 2 aromatic heterocycles. The molecule has 0 aliphatic carbocycles. The van der Waals surface area contributed by atoms with E-state index in [1.54, 1.807) is 0 Å². The van der Waals surface area contributed by atoms with Crippen LogP contribution in [0, 0.1) is 13.8 Å². The number of fused-ring (bicyclic) bond motifs is 2. The van der Waals surface area contributed by atoms with Gasteiger partial charge in [-0.25, -0.2) is 0 Å². The first-order valence-corrected chi connectivity index (χ1v) is 9.70. The minimum absolute atomic E-state index is 0. The van der Waals surface area contributed by atoms with Crippen molar-refractivity contribution >= 4 is 29.0 Å². The van der Waals surface area contributed by atoms with E-state index in [2.05, 4.69) is 52.6 Å². The third-order valence-corrected chi connectivity index (χ3v) is 6.01. The summed E-state index contributed by atoms with van der Waals surface area (Å²) in [7, 11) is 0. The van der Waals surface area contributed by atoms with Crippen molar-refractivity contribution in [2.75, 3.05) is 24.7 Å². The molecule has 6 heteroatoms. The molecule has 0 atom stereocenters. The molecule has 0 radical (unpaired) electrons. The van der Waals surface area contributed by atoms with E-state index in [1.807, 2.05) is 12.4 Å². The smallest absolute Gasteiger partial charge is 0.175 e. The highest BCUT2D eigenvalue weighted by Gasteiger charge is 2.24. The van der Waals surface area contributed by atoms with Crippen LogP contribution in [0.25, 0.3) is 10.9 Å². The zero-order valence-electron chi connectivity index (χ0n) is 16.4. The van der Waals surface area contributed by atoms with Gasteiger partial charge in [-0.15, -0.1) is 12.4 Å². The molecule has 148 valence electrons. The summed E-state index contributed by atoms with van der Waals surface area (Å²) in [6, 6.07) is 8.76. The molecule has 2 aliphatic heterocycles. The van der Waals surface area contributed by atoms with Crippen molar-refractivity contribution in [2.24, 2.45) is 0 Å². The molecule has 1 fully saturated rings. The highest BCUT2D eigenvalue weighted by atomic mass is 35.5. The van der Waals surface area contributed by atoms with Crippen LogP contribution in [0.2, 0.25) is 0 Å². The summed E-state index contributed by atoms with van der Waals surface area (Å²) < 4.78 is 13.8. The molecular formula is C22H26ClN3O2. The fourth-order valence-electron chi connectivity index (χ4n) is 4.39. The number of pyridine rings is 1. The predicted molar refractivity (Wildman–Crippen MR) is 113 cm³/mol. The third kappa shape index (κ3) is 3.17. The fraction of sp³-hybridized carbons (Fsp3) is 0.409. The number of hydrogen-bond donors (Lipinski definition) is 0. The highest BCUT2D eigenvalue weighted by molar-refractivity contribution is 5.94. The van der Waals surface area contributed by atoms with Crippen molar-refractivity contribution in [3.63, 3.8) is 0 Å². The SMILES string of the molecule is Cc1c(C)n(CC2OCCO2)c2c(N3CCc4ccccc4C3)cncc12.Cl. The largest absolute Gasteiger partial charge is 0.364 e. The van der Waals surface area contributed by atoms with Gasteiger partial charge in [-0.1, -0.05) is 24.3 Å². The Balaban J connectivity index is 0.00000192. The zero-order chi connectivity index (χ0) is 18.4. The number of aryl methyl sites for hydroxylation is 1. The van der Waals surface area contributed by atoms with Crippen molar-refractivity contribution in [3.05, 3.63) is 59.0 Å².